The first kappa shape index (κ1) is 16.4. The van der Waals surface area contributed by atoms with Crippen LogP contribution in [0.4, 0.5) is 0 Å². The van der Waals surface area contributed by atoms with E-state index in [1.807, 2.05) is 37.9 Å². The topological polar surface area (TPSA) is 58.4 Å². The van der Waals surface area contributed by atoms with Crippen molar-refractivity contribution >= 4 is 28.8 Å². The lowest BCUT2D eigenvalue weighted by molar-refractivity contribution is -0.122. The molecule has 1 aromatic rings. The summed E-state index contributed by atoms with van der Waals surface area (Å²) >= 11 is 7.51. The summed E-state index contributed by atoms with van der Waals surface area (Å²) in [6, 6.07) is 3.86. The molecular formula is C13H22ClN3OS. The van der Waals surface area contributed by atoms with Gasteiger partial charge in [-0.25, -0.2) is 0 Å². The highest BCUT2D eigenvalue weighted by Gasteiger charge is 2.25. The summed E-state index contributed by atoms with van der Waals surface area (Å²) in [7, 11) is 1.92. The summed E-state index contributed by atoms with van der Waals surface area (Å²) < 4.78 is 0.745. The molecule has 1 amide bonds. The minimum absolute atomic E-state index is 0.0148. The van der Waals surface area contributed by atoms with Gasteiger partial charge in [-0.1, -0.05) is 18.5 Å². The second-order valence-electron chi connectivity index (χ2n) is 4.53. The van der Waals surface area contributed by atoms with E-state index in [1.54, 1.807) is 0 Å². The molecule has 4 nitrogen and oxygen atoms in total. The summed E-state index contributed by atoms with van der Waals surface area (Å²) in [5, 5.41) is 2.80. The monoisotopic (exact) mass is 303 g/mol. The first-order valence-corrected chi connectivity index (χ1v) is 7.66. The SMILES string of the molecule is CCNC(=O)CN(C)C(c1ccc(Cl)s1)C(N)CC. The third-order valence-electron chi connectivity index (χ3n) is 3.00. The van der Waals surface area contributed by atoms with Crippen molar-refractivity contribution in [1.82, 2.24) is 10.2 Å². The van der Waals surface area contributed by atoms with Gasteiger partial charge in [0.15, 0.2) is 0 Å². The predicted molar refractivity (Wildman–Crippen MR) is 81.7 cm³/mol. The summed E-state index contributed by atoms with van der Waals surface area (Å²) in [5.74, 6) is 0.0148. The number of nitrogens with two attached hydrogens (primary N) is 1. The quantitative estimate of drug-likeness (QED) is 0.812. The molecule has 0 aliphatic rings. The van der Waals surface area contributed by atoms with E-state index in [4.69, 9.17) is 17.3 Å². The number of carbonyl (C=O) groups is 1. The number of hydrogen-bond acceptors (Lipinski definition) is 4. The Bertz CT molecular complexity index is 410. The lowest BCUT2D eigenvalue weighted by Gasteiger charge is -2.31. The number of hydrogen-bond donors (Lipinski definition) is 2. The van der Waals surface area contributed by atoms with Crippen LogP contribution in [0.5, 0.6) is 0 Å². The van der Waals surface area contributed by atoms with Crippen LogP contribution < -0.4 is 11.1 Å². The van der Waals surface area contributed by atoms with Crippen molar-refractivity contribution in [3.8, 4) is 0 Å². The first-order valence-electron chi connectivity index (χ1n) is 6.47. The van der Waals surface area contributed by atoms with E-state index in [2.05, 4.69) is 5.32 Å². The van der Waals surface area contributed by atoms with Gasteiger partial charge < -0.3 is 11.1 Å². The Morgan fingerprint density at radius 3 is 2.68 bits per heavy atom. The molecule has 1 aromatic heterocycles. The Morgan fingerprint density at radius 1 is 1.53 bits per heavy atom. The van der Waals surface area contributed by atoms with Gasteiger partial charge in [0.25, 0.3) is 0 Å². The van der Waals surface area contributed by atoms with Gasteiger partial charge in [-0.15, -0.1) is 11.3 Å². The van der Waals surface area contributed by atoms with E-state index in [0.29, 0.717) is 13.1 Å². The minimum Gasteiger partial charge on any atom is -0.355 e. The summed E-state index contributed by atoms with van der Waals surface area (Å²) in [5.41, 5.74) is 6.20. The molecule has 6 heteroatoms. The molecule has 3 N–H and O–H groups in total. The summed E-state index contributed by atoms with van der Waals surface area (Å²) in [6.45, 7) is 4.93. The van der Waals surface area contributed by atoms with Crippen LogP contribution in [0.3, 0.4) is 0 Å². The van der Waals surface area contributed by atoms with Crippen LogP contribution >= 0.6 is 22.9 Å². The molecule has 1 heterocycles. The van der Waals surface area contributed by atoms with Gasteiger partial charge in [0.05, 0.1) is 16.9 Å². The number of halogens is 1. The predicted octanol–water partition coefficient (Wildman–Crippen LogP) is 2.25. The van der Waals surface area contributed by atoms with Gasteiger partial charge in [0.2, 0.25) is 5.91 Å². The molecule has 0 spiro atoms. The average Bonchev–Trinajstić information content (AvgIpc) is 2.75. The zero-order chi connectivity index (χ0) is 14.4. The van der Waals surface area contributed by atoms with Crippen molar-refractivity contribution in [2.45, 2.75) is 32.4 Å². The second kappa shape index (κ2) is 7.85. The first-order chi connectivity index (χ1) is 8.99. The van der Waals surface area contributed by atoms with Crippen LogP contribution in [0.15, 0.2) is 12.1 Å². The van der Waals surface area contributed by atoms with Gasteiger partial charge >= 0.3 is 0 Å². The average molecular weight is 304 g/mol. The van der Waals surface area contributed by atoms with Crippen molar-refractivity contribution in [3.63, 3.8) is 0 Å². The Kier molecular flexibility index (Phi) is 6.79. The van der Waals surface area contributed by atoms with Gasteiger partial charge in [-0.05, 0) is 32.5 Å². The minimum atomic E-state index is -0.0193. The van der Waals surface area contributed by atoms with E-state index < -0.39 is 0 Å². The molecule has 2 unspecified atom stereocenters. The van der Waals surface area contributed by atoms with Crippen LogP contribution in [-0.4, -0.2) is 37.0 Å². The van der Waals surface area contributed by atoms with Crippen LogP contribution in [0.2, 0.25) is 4.34 Å². The molecule has 0 aliphatic carbocycles. The maximum absolute atomic E-state index is 11.7. The standard InChI is InChI=1S/C13H22ClN3OS/c1-4-9(15)13(10-6-7-11(14)19-10)17(3)8-12(18)16-5-2/h6-7,9,13H,4-5,8,15H2,1-3H3,(H,16,18). The Morgan fingerprint density at radius 2 is 2.21 bits per heavy atom. The van der Waals surface area contributed by atoms with Crippen molar-refractivity contribution in [2.75, 3.05) is 20.1 Å². The van der Waals surface area contributed by atoms with E-state index >= 15 is 0 Å². The fourth-order valence-corrected chi connectivity index (χ4v) is 3.35. The van der Waals surface area contributed by atoms with E-state index in [0.717, 1.165) is 15.6 Å². The number of nitrogens with one attached hydrogen (secondary N) is 1. The molecule has 0 bridgehead atoms. The zero-order valence-electron chi connectivity index (χ0n) is 11.6. The number of amides is 1. The molecule has 1 rings (SSSR count). The van der Waals surface area contributed by atoms with Gasteiger partial charge in [0.1, 0.15) is 0 Å². The zero-order valence-corrected chi connectivity index (χ0v) is 13.2. The number of likely N-dealkylation sites (N-methyl/N-ethyl adjacent to an activating group) is 2. The molecule has 0 radical (unpaired) electrons. The molecule has 2 atom stereocenters. The van der Waals surface area contributed by atoms with Gasteiger partial charge in [0, 0.05) is 17.5 Å². The van der Waals surface area contributed by atoms with Crippen LogP contribution in [0.25, 0.3) is 0 Å². The lowest BCUT2D eigenvalue weighted by atomic mass is 10.0. The highest BCUT2D eigenvalue weighted by atomic mass is 35.5. The second-order valence-corrected chi connectivity index (χ2v) is 6.27. The normalized spacial score (nSPS) is 14.4. The molecule has 0 fully saturated rings. The molecule has 0 saturated heterocycles. The molecule has 0 aliphatic heterocycles. The Hall–Kier alpha value is -0.620. The van der Waals surface area contributed by atoms with Crippen LogP contribution in [0, 0.1) is 0 Å². The smallest absolute Gasteiger partial charge is 0.234 e. The molecule has 108 valence electrons. The molecule has 0 saturated carbocycles. The maximum Gasteiger partial charge on any atom is 0.234 e. The Balaban J connectivity index is 2.82. The third-order valence-corrected chi connectivity index (χ3v) is 4.31. The molecule has 19 heavy (non-hydrogen) atoms. The van der Waals surface area contributed by atoms with E-state index in [1.165, 1.54) is 11.3 Å². The fourth-order valence-electron chi connectivity index (χ4n) is 2.04. The Labute approximate surface area is 123 Å². The highest BCUT2D eigenvalue weighted by Crippen LogP contribution is 2.32. The molecule has 0 aromatic carbocycles. The van der Waals surface area contributed by atoms with Crippen molar-refractivity contribution in [1.29, 1.82) is 0 Å². The number of carbonyl (C=O) groups excluding carboxylic acids is 1. The van der Waals surface area contributed by atoms with Crippen molar-refractivity contribution in [2.24, 2.45) is 5.73 Å². The van der Waals surface area contributed by atoms with Gasteiger partial charge in [-0.2, -0.15) is 0 Å². The van der Waals surface area contributed by atoms with Crippen LogP contribution in [0.1, 0.15) is 31.2 Å². The summed E-state index contributed by atoms with van der Waals surface area (Å²) in [4.78, 5) is 14.8. The third kappa shape index (κ3) is 4.76. The lowest BCUT2D eigenvalue weighted by Crippen LogP contribution is -2.43. The highest BCUT2D eigenvalue weighted by molar-refractivity contribution is 7.16. The largest absolute Gasteiger partial charge is 0.355 e. The van der Waals surface area contributed by atoms with E-state index in [9.17, 15) is 4.79 Å². The van der Waals surface area contributed by atoms with Gasteiger partial charge in [-0.3, -0.25) is 9.69 Å². The van der Waals surface area contributed by atoms with Crippen molar-refractivity contribution < 1.29 is 4.79 Å². The number of thiophene rings is 1. The van der Waals surface area contributed by atoms with E-state index in [-0.39, 0.29) is 18.0 Å². The summed E-state index contributed by atoms with van der Waals surface area (Å²) in [6.07, 6.45) is 0.847. The maximum atomic E-state index is 11.7. The van der Waals surface area contributed by atoms with Crippen LogP contribution in [-0.2, 0) is 4.79 Å². The van der Waals surface area contributed by atoms with Crippen molar-refractivity contribution in [3.05, 3.63) is 21.3 Å². The number of rotatable bonds is 7. The molecular weight excluding hydrogens is 282 g/mol. The number of nitrogens with zero attached hydrogens (tertiary/aromatic N) is 1. The fraction of sp³-hybridized carbons (Fsp3) is 0.615.